The fourth-order valence-corrected chi connectivity index (χ4v) is 7.53. The number of halogens is 1. The van der Waals surface area contributed by atoms with Crippen LogP contribution in [0.2, 0.25) is 5.15 Å². The molecule has 212 valence electrons. The molecule has 0 unspecified atom stereocenters. The van der Waals surface area contributed by atoms with Crippen LogP contribution in [0.15, 0.2) is 17.2 Å². The van der Waals surface area contributed by atoms with Crippen LogP contribution in [-0.2, 0) is 20.2 Å². The lowest BCUT2D eigenvalue weighted by Gasteiger charge is -2.36. The molecule has 3 aliphatic rings. The van der Waals surface area contributed by atoms with Crippen molar-refractivity contribution in [2.75, 3.05) is 31.1 Å². The molecule has 40 heavy (non-hydrogen) atoms. The van der Waals surface area contributed by atoms with Gasteiger partial charge in [0.2, 0.25) is 10.0 Å². The number of ether oxygens (including phenoxy) is 1. The summed E-state index contributed by atoms with van der Waals surface area (Å²) in [6, 6.07) is 3.94. The van der Waals surface area contributed by atoms with Crippen molar-refractivity contribution in [2.45, 2.75) is 68.4 Å². The Bertz CT molecular complexity index is 1640. The number of nitrogens with one attached hydrogen (secondary N) is 1. The van der Waals surface area contributed by atoms with Gasteiger partial charge < -0.3 is 14.5 Å². The summed E-state index contributed by atoms with van der Waals surface area (Å²) in [5.41, 5.74) is 0.0527. The number of nitrogens with zero attached hydrogens (tertiary/aromatic N) is 7. The highest BCUT2D eigenvalue weighted by molar-refractivity contribution is 7.89. The topological polar surface area (TPSA) is 146 Å². The molecular weight excluding hydrogens is 576 g/mol. The summed E-state index contributed by atoms with van der Waals surface area (Å²) in [4.78, 5) is 20.7. The Kier molecular flexibility index (Phi) is 6.49. The van der Waals surface area contributed by atoms with E-state index in [9.17, 15) is 18.5 Å². The molecule has 0 aromatic carbocycles. The van der Waals surface area contributed by atoms with Gasteiger partial charge in [0.25, 0.3) is 0 Å². The van der Waals surface area contributed by atoms with Crippen LogP contribution in [0, 0.1) is 11.3 Å². The molecule has 0 atom stereocenters. The van der Waals surface area contributed by atoms with Crippen molar-refractivity contribution >= 4 is 50.3 Å². The van der Waals surface area contributed by atoms with Crippen LogP contribution in [0.25, 0.3) is 16.3 Å². The highest BCUT2D eigenvalue weighted by atomic mass is 35.5. The minimum atomic E-state index is -3.88. The number of amides is 1. The lowest BCUT2D eigenvalue weighted by molar-refractivity contribution is 0.0751. The van der Waals surface area contributed by atoms with E-state index in [1.165, 1.54) is 17.5 Å². The van der Waals surface area contributed by atoms with Crippen molar-refractivity contribution in [3.05, 3.63) is 22.4 Å². The molecule has 3 fully saturated rings. The first-order valence-corrected chi connectivity index (χ1v) is 15.8. The second-order valence-electron chi connectivity index (χ2n) is 11.2. The van der Waals surface area contributed by atoms with E-state index in [1.807, 2.05) is 11.8 Å². The first kappa shape index (κ1) is 27.2. The fourth-order valence-electron chi connectivity index (χ4n) is 4.75. The highest BCUT2D eigenvalue weighted by Crippen LogP contribution is 2.49. The van der Waals surface area contributed by atoms with Crippen molar-refractivity contribution in [2.24, 2.45) is 0 Å². The van der Waals surface area contributed by atoms with Crippen molar-refractivity contribution in [1.82, 2.24) is 29.2 Å². The normalized spacial score (nSPS) is 19.6. The zero-order chi connectivity index (χ0) is 28.4. The Hall–Kier alpha value is -2.99. The summed E-state index contributed by atoms with van der Waals surface area (Å²) < 4.78 is 36.9. The van der Waals surface area contributed by atoms with Gasteiger partial charge in [-0.05, 0) is 52.5 Å². The van der Waals surface area contributed by atoms with Crippen molar-refractivity contribution in [1.29, 1.82) is 5.26 Å². The number of rotatable bonds is 7. The Morgan fingerprint density at radius 2 is 1.90 bits per heavy atom. The predicted octanol–water partition coefficient (Wildman–Crippen LogP) is 3.56. The van der Waals surface area contributed by atoms with Gasteiger partial charge in [0.1, 0.15) is 20.8 Å². The van der Waals surface area contributed by atoms with Crippen LogP contribution in [0.4, 0.5) is 10.5 Å². The number of piperazine rings is 1. The van der Waals surface area contributed by atoms with Crippen LogP contribution in [0.3, 0.4) is 0 Å². The minimum Gasteiger partial charge on any atom is -0.447 e. The average molecular weight is 605 g/mol. The second kappa shape index (κ2) is 9.54. The van der Waals surface area contributed by atoms with Crippen molar-refractivity contribution < 1.29 is 17.9 Å². The van der Waals surface area contributed by atoms with Gasteiger partial charge in [0.05, 0.1) is 17.9 Å². The van der Waals surface area contributed by atoms with E-state index in [0.717, 1.165) is 25.7 Å². The summed E-state index contributed by atoms with van der Waals surface area (Å²) in [5.74, 6) is 0.354. The van der Waals surface area contributed by atoms with Crippen LogP contribution in [0.1, 0.15) is 51.5 Å². The van der Waals surface area contributed by atoms with E-state index in [2.05, 4.69) is 26.0 Å². The Morgan fingerprint density at radius 1 is 1.20 bits per heavy atom. The average Bonchev–Trinajstić information content (AvgIpc) is 3.77. The maximum absolute atomic E-state index is 13.5. The Balaban J connectivity index is 1.42. The van der Waals surface area contributed by atoms with E-state index < -0.39 is 21.0 Å². The van der Waals surface area contributed by atoms with Gasteiger partial charge in [-0.2, -0.15) is 5.26 Å². The maximum Gasteiger partial charge on any atom is 0.410 e. The largest absolute Gasteiger partial charge is 0.447 e. The van der Waals surface area contributed by atoms with Crippen molar-refractivity contribution in [3.63, 3.8) is 0 Å². The molecule has 12 nitrogen and oxygen atoms in total. The zero-order valence-electron chi connectivity index (χ0n) is 22.3. The van der Waals surface area contributed by atoms with Crippen LogP contribution in [-0.4, -0.2) is 76.8 Å². The van der Waals surface area contributed by atoms with Gasteiger partial charge in [-0.3, -0.25) is 4.40 Å². The van der Waals surface area contributed by atoms with E-state index in [1.54, 1.807) is 29.2 Å². The smallest absolute Gasteiger partial charge is 0.410 e. The quantitative estimate of drug-likeness (QED) is 0.427. The number of hydrogen-bond donors (Lipinski definition) is 1. The second-order valence-corrected chi connectivity index (χ2v) is 14.2. The first-order chi connectivity index (χ1) is 18.9. The molecule has 1 amide bonds. The molecule has 1 N–H and O–H groups in total. The first-order valence-electron chi connectivity index (χ1n) is 13.2. The number of fused-ring (bicyclic) bond motifs is 1. The number of carbonyl (C=O) groups excluding carboxylic acids is 1. The summed E-state index contributed by atoms with van der Waals surface area (Å²) >= 11 is 7.97. The predicted molar refractivity (Wildman–Crippen MR) is 149 cm³/mol. The van der Waals surface area contributed by atoms with Gasteiger partial charge in [0.15, 0.2) is 16.0 Å². The number of imidazole rings is 1. The lowest BCUT2D eigenvalue weighted by atomic mass is 10.1. The zero-order valence-corrected chi connectivity index (χ0v) is 24.7. The summed E-state index contributed by atoms with van der Waals surface area (Å²) in [6.45, 7) is 7.18. The third kappa shape index (κ3) is 4.89. The number of carbonyl (C=O) groups is 1. The third-order valence-corrected chi connectivity index (χ3v) is 10.5. The number of hydrogen-bond acceptors (Lipinski definition) is 10. The minimum absolute atomic E-state index is 0.0699. The summed E-state index contributed by atoms with van der Waals surface area (Å²) in [7, 11) is -3.88. The molecular formula is C25H29ClN8O4S2. The van der Waals surface area contributed by atoms with Crippen molar-refractivity contribution in [3.8, 4) is 16.9 Å². The molecule has 0 spiro atoms. The molecule has 1 aliphatic heterocycles. The molecule has 4 heterocycles. The molecule has 0 bridgehead atoms. The van der Waals surface area contributed by atoms with Crippen LogP contribution in [0.5, 0.6) is 0 Å². The molecule has 1 saturated heterocycles. The SMILES string of the molecule is CC(C)OC(=O)N1CCN(c2cc(S(=O)(=O)NC3(C)CC3)cn3c(-c4nnc(C5(C#N)CC5)s4)nc(Cl)c23)CC1. The van der Waals surface area contributed by atoms with Crippen LogP contribution < -0.4 is 9.62 Å². The van der Waals surface area contributed by atoms with Gasteiger partial charge in [-0.15, -0.1) is 10.2 Å². The standard InChI is InChI=1S/C25H29ClN8O4S2/c1-15(2)38-23(35)33-10-8-32(9-11-33)17-12-16(40(36,37)31-24(3)4-5-24)13-34-18(17)19(26)28-20(34)21-29-30-22(39-21)25(14-27)6-7-25/h12-13,15,31H,4-11H2,1-3H3. The summed E-state index contributed by atoms with van der Waals surface area (Å²) in [6.07, 6.45) is 3.92. The molecule has 2 aliphatic carbocycles. The lowest BCUT2D eigenvalue weighted by Crippen LogP contribution is -2.49. The van der Waals surface area contributed by atoms with Gasteiger partial charge in [0, 0.05) is 37.9 Å². The number of nitriles is 1. The van der Waals surface area contributed by atoms with E-state index in [0.29, 0.717) is 53.2 Å². The van der Waals surface area contributed by atoms with Gasteiger partial charge in [-0.25, -0.2) is 22.9 Å². The van der Waals surface area contributed by atoms with E-state index in [-0.39, 0.29) is 22.2 Å². The van der Waals surface area contributed by atoms with E-state index >= 15 is 0 Å². The number of sulfonamides is 1. The number of aromatic nitrogens is 4. The molecule has 3 aromatic heterocycles. The number of anilines is 1. The van der Waals surface area contributed by atoms with Crippen LogP contribution >= 0.6 is 22.9 Å². The van der Waals surface area contributed by atoms with Gasteiger partial charge >= 0.3 is 6.09 Å². The maximum atomic E-state index is 13.5. The number of pyridine rings is 1. The Morgan fingerprint density at radius 3 is 2.50 bits per heavy atom. The molecule has 2 saturated carbocycles. The molecule has 0 radical (unpaired) electrons. The third-order valence-electron chi connectivity index (χ3n) is 7.54. The van der Waals surface area contributed by atoms with E-state index in [4.69, 9.17) is 16.3 Å². The molecule has 15 heteroatoms. The monoisotopic (exact) mass is 604 g/mol. The fraction of sp³-hybridized carbons (Fsp3) is 0.560. The van der Waals surface area contributed by atoms with Gasteiger partial charge in [-0.1, -0.05) is 22.9 Å². The highest BCUT2D eigenvalue weighted by Gasteiger charge is 2.48. The summed E-state index contributed by atoms with van der Waals surface area (Å²) in [5, 5.41) is 19.4. The molecule has 3 aromatic rings. The Labute approximate surface area is 240 Å². The molecule has 6 rings (SSSR count).